The summed E-state index contributed by atoms with van der Waals surface area (Å²) < 4.78 is 24.5. The van der Waals surface area contributed by atoms with Gasteiger partial charge in [0.2, 0.25) is 4.90 Å². The van der Waals surface area contributed by atoms with E-state index in [2.05, 4.69) is 0 Å². The first kappa shape index (κ1) is 24.0. The van der Waals surface area contributed by atoms with E-state index in [1.807, 2.05) is 48.5 Å². The second-order valence-corrected chi connectivity index (χ2v) is 12.3. The Morgan fingerprint density at radius 2 is 1.69 bits per heavy atom. The minimum absolute atomic E-state index is 0.0601. The predicted molar refractivity (Wildman–Crippen MR) is 144 cm³/mol. The van der Waals surface area contributed by atoms with E-state index in [0.717, 1.165) is 26.6 Å². The molecule has 198 valence electrons. The first-order chi connectivity index (χ1) is 18.9. The van der Waals surface area contributed by atoms with Gasteiger partial charge in [0.15, 0.2) is 20.9 Å². The average Bonchev–Trinajstić information content (AvgIpc) is 3.64. The highest BCUT2D eigenvalue weighted by atomic mass is 32.2. The van der Waals surface area contributed by atoms with Gasteiger partial charge in [0, 0.05) is 39.1 Å². The van der Waals surface area contributed by atoms with Crippen LogP contribution in [0.2, 0.25) is 0 Å². The Bertz CT molecular complexity index is 1650. The number of carbonyl (C=O) groups excluding carboxylic acids is 2. The Morgan fingerprint density at radius 1 is 1.03 bits per heavy atom. The first-order valence-electron chi connectivity index (χ1n) is 12.8. The van der Waals surface area contributed by atoms with Crippen LogP contribution in [0.5, 0.6) is 11.5 Å². The lowest BCUT2D eigenvalue weighted by atomic mass is 9.88. The highest BCUT2D eigenvalue weighted by Crippen LogP contribution is 2.56. The van der Waals surface area contributed by atoms with Crippen LogP contribution in [0, 0.1) is 24.7 Å². The van der Waals surface area contributed by atoms with Gasteiger partial charge in [-0.05, 0) is 44.0 Å². The van der Waals surface area contributed by atoms with Crippen molar-refractivity contribution in [2.45, 2.75) is 32.0 Å². The number of fused-ring (bicyclic) bond motifs is 4. The molecule has 7 rings (SSSR count). The summed E-state index contributed by atoms with van der Waals surface area (Å²) in [6.45, 7) is 1.74. The van der Waals surface area contributed by atoms with Gasteiger partial charge < -0.3 is 24.1 Å². The number of hydrogen-bond donors (Lipinski definition) is 1. The monoisotopic (exact) mass is 545 g/mol. The fraction of sp³-hybridized carbons (Fsp3) is 0.300. The van der Waals surface area contributed by atoms with Crippen LogP contribution in [0.1, 0.15) is 28.8 Å². The Labute approximate surface area is 226 Å². The van der Waals surface area contributed by atoms with Gasteiger partial charge in [0.05, 0.1) is 18.6 Å². The van der Waals surface area contributed by atoms with Crippen LogP contribution in [-0.4, -0.2) is 42.5 Å². The minimum Gasteiger partial charge on any atom is -0.493 e. The molecule has 2 bridgehead atoms. The third kappa shape index (κ3) is 3.45. The molecule has 0 spiro atoms. The van der Waals surface area contributed by atoms with Crippen LogP contribution in [0.25, 0.3) is 25.1 Å². The lowest BCUT2D eigenvalue weighted by Crippen LogP contribution is -2.36. The molecule has 1 aromatic heterocycles. The van der Waals surface area contributed by atoms with Gasteiger partial charge in [0.1, 0.15) is 17.8 Å². The van der Waals surface area contributed by atoms with Crippen molar-refractivity contribution in [3.8, 4) is 16.4 Å². The lowest BCUT2D eigenvalue weighted by molar-refractivity contribution is -0.146. The largest absolute Gasteiger partial charge is 0.514 e. The van der Waals surface area contributed by atoms with Gasteiger partial charge in [-0.1, -0.05) is 24.3 Å². The molecule has 3 aliphatic rings. The molecule has 3 aromatic carbocycles. The Morgan fingerprint density at radius 3 is 2.33 bits per heavy atom. The van der Waals surface area contributed by atoms with Crippen LogP contribution in [0.4, 0.5) is 4.79 Å². The second-order valence-electron chi connectivity index (χ2n) is 10.4. The molecule has 8 nitrogen and oxygen atoms in total. The SMILES string of the molecule is COc1cc(C(=O)O)c(-[s+]2c3ccccc3c3ccccc32)c(C)c1OC(=O)OC1C2CC3C(=O)OC1C3C2. The van der Waals surface area contributed by atoms with Crippen LogP contribution >= 0.6 is 10.5 Å². The second kappa shape index (κ2) is 8.71. The summed E-state index contributed by atoms with van der Waals surface area (Å²) in [6.07, 6.45) is -0.475. The summed E-state index contributed by atoms with van der Waals surface area (Å²) in [5.41, 5.74) is 0.566. The quantitative estimate of drug-likeness (QED) is 0.179. The number of rotatable bonds is 5. The summed E-state index contributed by atoms with van der Waals surface area (Å²) in [7, 11) is 0.641. The molecule has 5 unspecified atom stereocenters. The van der Waals surface area contributed by atoms with E-state index >= 15 is 0 Å². The zero-order chi connectivity index (χ0) is 27.0. The molecule has 0 radical (unpaired) electrons. The normalized spacial score (nSPS) is 24.8. The van der Waals surface area contributed by atoms with Crippen molar-refractivity contribution < 1.29 is 38.4 Å². The zero-order valence-corrected chi connectivity index (χ0v) is 22.0. The molecule has 1 aliphatic heterocycles. The number of thiophene rings is 1. The smallest absolute Gasteiger partial charge is 0.493 e. The van der Waals surface area contributed by atoms with E-state index in [1.165, 1.54) is 13.2 Å². The van der Waals surface area contributed by atoms with Gasteiger partial charge >= 0.3 is 18.1 Å². The van der Waals surface area contributed by atoms with Crippen molar-refractivity contribution in [2.75, 3.05) is 7.11 Å². The topological polar surface area (TPSA) is 108 Å². The molecule has 2 aliphatic carbocycles. The van der Waals surface area contributed by atoms with Gasteiger partial charge in [-0.2, -0.15) is 0 Å². The van der Waals surface area contributed by atoms with Gasteiger partial charge in [-0.3, -0.25) is 4.79 Å². The van der Waals surface area contributed by atoms with E-state index in [-0.39, 0.29) is 40.8 Å². The summed E-state index contributed by atoms with van der Waals surface area (Å²) in [4.78, 5) is 38.3. The molecule has 9 heteroatoms. The summed E-state index contributed by atoms with van der Waals surface area (Å²) in [5, 5.41) is 12.3. The number of carbonyl (C=O) groups is 3. The van der Waals surface area contributed by atoms with Crippen molar-refractivity contribution in [3.05, 3.63) is 65.7 Å². The highest BCUT2D eigenvalue weighted by Gasteiger charge is 2.63. The number of benzene rings is 3. The van der Waals surface area contributed by atoms with Gasteiger partial charge in [-0.25, -0.2) is 9.59 Å². The molecular formula is C30H25O8S+. The molecule has 3 fully saturated rings. The Hall–Kier alpha value is -4.11. The summed E-state index contributed by atoms with van der Waals surface area (Å²) in [6, 6.07) is 17.3. The lowest BCUT2D eigenvalue weighted by Gasteiger charge is -2.25. The maximum absolute atomic E-state index is 13.1. The standard InChI is InChI=1S/C30H24O8S/c1-14-24(37-30(34)38-25-15-11-18-19(12-15)29(33)36-26(18)25)21(35-2)13-20(28(31)32)27(14)39-22-9-5-3-7-16(22)17-8-4-6-10-23(17)39/h3-10,13,15,18-19,25-26H,11-12H2,1-2H3/p+1. The van der Waals surface area contributed by atoms with Crippen LogP contribution in [0.3, 0.4) is 0 Å². The highest BCUT2D eigenvalue weighted by molar-refractivity contribution is 7.50. The number of methoxy groups -OCH3 is 1. The van der Waals surface area contributed by atoms with Crippen molar-refractivity contribution >= 4 is 48.7 Å². The van der Waals surface area contributed by atoms with Crippen molar-refractivity contribution in [2.24, 2.45) is 17.8 Å². The maximum Gasteiger partial charge on any atom is 0.514 e. The summed E-state index contributed by atoms with van der Waals surface area (Å²) >= 11 is 0. The zero-order valence-electron chi connectivity index (χ0n) is 21.2. The molecule has 1 saturated heterocycles. The molecule has 2 heterocycles. The van der Waals surface area contributed by atoms with Crippen molar-refractivity contribution in [3.63, 3.8) is 0 Å². The van der Waals surface area contributed by atoms with E-state index in [9.17, 15) is 19.5 Å². The number of carboxylic acid groups (broad SMARTS) is 1. The molecule has 1 N–H and O–H groups in total. The first-order valence-corrected chi connectivity index (χ1v) is 14.1. The van der Waals surface area contributed by atoms with Gasteiger partial charge in [-0.15, -0.1) is 0 Å². The Balaban J connectivity index is 1.33. The molecular weight excluding hydrogens is 520 g/mol. The molecule has 39 heavy (non-hydrogen) atoms. The molecule has 0 amide bonds. The number of esters is 1. The van der Waals surface area contributed by atoms with E-state index < -0.39 is 34.8 Å². The van der Waals surface area contributed by atoms with Crippen LogP contribution in [-0.2, 0) is 14.3 Å². The fourth-order valence-corrected chi connectivity index (χ4v) is 9.48. The van der Waals surface area contributed by atoms with E-state index in [1.54, 1.807) is 6.92 Å². The van der Waals surface area contributed by atoms with Gasteiger partial charge in [0.25, 0.3) is 0 Å². The fourth-order valence-electron chi connectivity index (χ4n) is 6.81. The van der Waals surface area contributed by atoms with Crippen LogP contribution < -0.4 is 9.47 Å². The van der Waals surface area contributed by atoms with Crippen LogP contribution in [0.15, 0.2) is 54.6 Å². The predicted octanol–water partition coefficient (Wildman–Crippen LogP) is 6.21. The third-order valence-corrected chi connectivity index (χ3v) is 10.9. The number of aromatic carboxylic acids is 1. The van der Waals surface area contributed by atoms with E-state index in [4.69, 9.17) is 18.9 Å². The molecule has 4 aromatic rings. The molecule has 2 saturated carbocycles. The maximum atomic E-state index is 13.1. The Kier molecular flexibility index (Phi) is 5.35. The average molecular weight is 546 g/mol. The number of carboxylic acids is 1. The number of ether oxygens (including phenoxy) is 4. The van der Waals surface area contributed by atoms with Crippen molar-refractivity contribution in [1.29, 1.82) is 0 Å². The van der Waals surface area contributed by atoms with E-state index in [0.29, 0.717) is 16.9 Å². The van der Waals surface area contributed by atoms with Crippen molar-refractivity contribution in [1.82, 2.24) is 0 Å². The summed E-state index contributed by atoms with van der Waals surface area (Å²) in [5.74, 6) is -1.03. The minimum atomic E-state index is -1.10. The molecule has 5 atom stereocenters. The number of hydrogen-bond acceptors (Lipinski definition) is 7. The third-order valence-electron chi connectivity index (χ3n) is 8.42.